The van der Waals surface area contributed by atoms with Gasteiger partial charge in [-0.05, 0) is 61.4 Å². The molecule has 0 atom stereocenters. The van der Waals surface area contributed by atoms with Crippen LogP contribution in [-0.2, 0) is 4.74 Å². The smallest absolute Gasteiger partial charge is 0.248 e. The zero-order valence-corrected chi connectivity index (χ0v) is 22.2. The fraction of sp³-hybridized carbons (Fsp3) is 0.433. The topological polar surface area (TPSA) is 86.5 Å². The van der Waals surface area contributed by atoms with Gasteiger partial charge in [0.15, 0.2) is 5.82 Å². The molecule has 208 valence electrons. The van der Waals surface area contributed by atoms with Crippen molar-refractivity contribution in [1.82, 2.24) is 14.9 Å². The number of rotatable bonds is 7. The molecule has 1 N–H and O–H groups in total. The molecule has 0 unspecified atom stereocenters. The van der Waals surface area contributed by atoms with Gasteiger partial charge in [-0.3, -0.25) is 4.90 Å². The standard InChI is InChI=1S/C30H32F2N6O2/c31-30(32)10-7-26(8-11-30)40-27-6-1-21(17-22(27)18-33)29-34-12-9-28(36-29)35-23-2-4-24(5-3-23)37-13-15-38(16-14-37)25-19-39-20-25/h1-6,9,12,17,25-26H,7-8,10-11,13-16,19-20H2,(H,34,35,36). The number of alkyl halides is 2. The summed E-state index contributed by atoms with van der Waals surface area (Å²) >= 11 is 0. The number of aromatic nitrogens is 2. The Hall–Kier alpha value is -3.81. The van der Waals surface area contributed by atoms with Gasteiger partial charge < -0.3 is 19.7 Å². The number of benzene rings is 2. The van der Waals surface area contributed by atoms with Crippen LogP contribution in [0.4, 0.5) is 26.0 Å². The Bertz CT molecular complexity index is 1360. The largest absolute Gasteiger partial charge is 0.489 e. The van der Waals surface area contributed by atoms with Crippen molar-refractivity contribution in [2.75, 3.05) is 49.6 Å². The number of nitrogens with one attached hydrogen (secondary N) is 1. The highest BCUT2D eigenvalue weighted by Crippen LogP contribution is 2.36. The number of hydrogen-bond donors (Lipinski definition) is 1. The third-order valence-corrected chi connectivity index (χ3v) is 7.93. The van der Waals surface area contributed by atoms with Gasteiger partial charge in [0, 0.05) is 62.2 Å². The van der Waals surface area contributed by atoms with Gasteiger partial charge in [-0.1, -0.05) is 0 Å². The van der Waals surface area contributed by atoms with Crippen LogP contribution in [-0.4, -0.2) is 72.3 Å². The maximum atomic E-state index is 13.5. The van der Waals surface area contributed by atoms with Crippen molar-refractivity contribution in [2.45, 2.75) is 43.8 Å². The summed E-state index contributed by atoms with van der Waals surface area (Å²) in [5, 5.41) is 13.0. The molecular formula is C30H32F2N6O2. The molecule has 1 aliphatic carbocycles. The van der Waals surface area contributed by atoms with E-state index in [2.05, 4.69) is 43.3 Å². The van der Waals surface area contributed by atoms with Crippen molar-refractivity contribution >= 4 is 17.2 Å². The molecule has 2 saturated heterocycles. The van der Waals surface area contributed by atoms with Crippen LogP contribution in [0.15, 0.2) is 54.7 Å². The minimum Gasteiger partial charge on any atom is -0.489 e. The van der Waals surface area contributed by atoms with Gasteiger partial charge in [0.2, 0.25) is 5.92 Å². The molecule has 3 fully saturated rings. The van der Waals surface area contributed by atoms with Crippen LogP contribution in [0.25, 0.3) is 11.4 Å². The summed E-state index contributed by atoms with van der Waals surface area (Å²) in [4.78, 5) is 14.0. The van der Waals surface area contributed by atoms with Crippen LogP contribution in [0, 0.1) is 11.3 Å². The van der Waals surface area contributed by atoms with E-state index in [1.807, 2.05) is 12.1 Å². The minimum absolute atomic E-state index is 0.193. The molecule has 3 aromatic rings. The molecule has 2 aliphatic heterocycles. The summed E-state index contributed by atoms with van der Waals surface area (Å²) in [6, 6.07) is 18.0. The van der Waals surface area contributed by atoms with E-state index in [1.165, 1.54) is 5.69 Å². The van der Waals surface area contributed by atoms with Crippen molar-refractivity contribution in [3.05, 3.63) is 60.3 Å². The monoisotopic (exact) mass is 546 g/mol. The second-order valence-electron chi connectivity index (χ2n) is 10.6. The first kappa shape index (κ1) is 26.4. The lowest BCUT2D eigenvalue weighted by atomic mass is 9.94. The highest BCUT2D eigenvalue weighted by atomic mass is 19.3. The summed E-state index contributed by atoms with van der Waals surface area (Å²) in [6.07, 6.45) is 1.50. The zero-order chi connectivity index (χ0) is 27.5. The predicted octanol–water partition coefficient (Wildman–Crippen LogP) is 5.24. The predicted molar refractivity (Wildman–Crippen MR) is 148 cm³/mol. The van der Waals surface area contributed by atoms with Crippen LogP contribution in [0.1, 0.15) is 31.2 Å². The molecule has 0 bridgehead atoms. The number of anilines is 3. The van der Waals surface area contributed by atoms with E-state index >= 15 is 0 Å². The first-order valence-electron chi connectivity index (χ1n) is 13.8. The third kappa shape index (κ3) is 6.01. The van der Waals surface area contributed by atoms with Crippen molar-refractivity contribution < 1.29 is 18.3 Å². The molecule has 0 amide bonds. The molecule has 10 heteroatoms. The average molecular weight is 547 g/mol. The Morgan fingerprint density at radius 3 is 2.42 bits per heavy atom. The molecule has 40 heavy (non-hydrogen) atoms. The molecule has 0 radical (unpaired) electrons. The maximum absolute atomic E-state index is 13.5. The van der Waals surface area contributed by atoms with E-state index in [0.717, 1.165) is 45.1 Å². The van der Waals surface area contributed by atoms with E-state index < -0.39 is 5.92 Å². The fourth-order valence-corrected chi connectivity index (χ4v) is 5.42. The number of hydrogen-bond acceptors (Lipinski definition) is 8. The van der Waals surface area contributed by atoms with Gasteiger partial charge >= 0.3 is 0 Å². The van der Waals surface area contributed by atoms with E-state index in [-0.39, 0.29) is 31.8 Å². The number of nitriles is 1. The molecule has 1 saturated carbocycles. The van der Waals surface area contributed by atoms with Gasteiger partial charge in [-0.25, -0.2) is 18.7 Å². The lowest BCUT2D eigenvalue weighted by Gasteiger charge is -2.43. The first-order chi connectivity index (χ1) is 19.5. The SMILES string of the molecule is N#Cc1cc(-c2nccc(Nc3ccc(N4CCN(C5COC5)CC4)cc3)n2)ccc1OC1CCC(F)(F)CC1. The summed E-state index contributed by atoms with van der Waals surface area (Å²) in [7, 11) is 0. The minimum atomic E-state index is -2.62. The average Bonchev–Trinajstić information content (AvgIpc) is 2.94. The summed E-state index contributed by atoms with van der Waals surface area (Å²) in [5.74, 6) is -1.12. The summed E-state index contributed by atoms with van der Waals surface area (Å²) in [5.41, 5.74) is 3.12. The van der Waals surface area contributed by atoms with Gasteiger partial charge in [0.05, 0.1) is 30.9 Å². The van der Waals surface area contributed by atoms with E-state index in [0.29, 0.717) is 34.6 Å². The third-order valence-electron chi connectivity index (χ3n) is 7.93. The van der Waals surface area contributed by atoms with Crippen LogP contribution >= 0.6 is 0 Å². The lowest BCUT2D eigenvalue weighted by Crippen LogP contribution is -2.56. The Morgan fingerprint density at radius 2 is 1.75 bits per heavy atom. The number of nitrogens with zero attached hydrogens (tertiary/aromatic N) is 5. The Morgan fingerprint density at radius 1 is 1.00 bits per heavy atom. The Labute approximate surface area is 232 Å². The van der Waals surface area contributed by atoms with Crippen LogP contribution in [0.5, 0.6) is 5.75 Å². The fourth-order valence-electron chi connectivity index (χ4n) is 5.42. The summed E-state index contributed by atoms with van der Waals surface area (Å²) in [6.45, 7) is 5.83. The second-order valence-corrected chi connectivity index (χ2v) is 10.6. The quantitative estimate of drug-likeness (QED) is 0.431. The molecule has 2 aromatic carbocycles. The van der Waals surface area contributed by atoms with Gasteiger partial charge in [0.25, 0.3) is 0 Å². The molecule has 3 aliphatic rings. The van der Waals surface area contributed by atoms with Crippen molar-refractivity contribution in [3.63, 3.8) is 0 Å². The zero-order valence-electron chi connectivity index (χ0n) is 22.2. The number of ether oxygens (including phenoxy) is 2. The molecule has 6 rings (SSSR count). The van der Waals surface area contributed by atoms with E-state index in [9.17, 15) is 14.0 Å². The van der Waals surface area contributed by atoms with Crippen molar-refractivity contribution in [2.24, 2.45) is 0 Å². The first-order valence-corrected chi connectivity index (χ1v) is 13.8. The van der Waals surface area contributed by atoms with Gasteiger partial charge in [0.1, 0.15) is 17.6 Å². The highest BCUT2D eigenvalue weighted by molar-refractivity contribution is 5.65. The van der Waals surface area contributed by atoms with Gasteiger partial charge in [-0.15, -0.1) is 0 Å². The number of piperazine rings is 1. The number of halogens is 2. The summed E-state index contributed by atoms with van der Waals surface area (Å²) < 4.78 is 38.2. The van der Waals surface area contributed by atoms with Crippen molar-refractivity contribution in [1.29, 1.82) is 5.26 Å². The Balaban J connectivity index is 1.08. The molecule has 8 nitrogen and oxygen atoms in total. The van der Waals surface area contributed by atoms with Gasteiger partial charge in [-0.2, -0.15) is 5.26 Å². The molecular weight excluding hydrogens is 514 g/mol. The molecule has 3 heterocycles. The van der Waals surface area contributed by atoms with Crippen LogP contribution in [0.2, 0.25) is 0 Å². The molecule has 1 aromatic heterocycles. The van der Waals surface area contributed by atoms with E-state index in [1.54, 1.807) is 30.5 Å². The van der Waals surface area contributed by atoms with E-state index in [4.69, 9.17) is 9.47 Å². The normalized spacial score (nSPS) is 20.0. The highest BCUT2D eigenvalue weighted by Gasteiger charge is 2.36. The second kappa shape index (κ2) is 11.4. The Kier molecular flexibility index (Phi) is 7.50. The molecule has 0 spiro atoms. The lowest BCUT2D eigenvalue weighted by molar-refractivity contribution is -0.0660. The van der Waals surface area contributed by atoms with Crippen LogP contribution < -0.4 is 15.0 Å². The van der Waals surface area contributed by atoms with Crippen LogP contribution in [0.3, 0.4) is 0 Å². The maximum Gasteiger partial charge on any atom is 0.248 e. The van der Waals surface area contributed by atoms with Crippen molar-refractivity contribution in [3.8, 4) is 23.2 Å².